The van der Waals surface area contributed by atoms with Crippen LogP contribution in [0.2, 0.25) is 0 Å². The van der Waals surface area contributed by atoms with Gasteiger partial charge in [0, 0.05) is 24.8 Å². The van der Waals surface area contributed by atoms with Crippen LogP contribution in [0.5, 0.6) is 5.75 Å². The van der Waals surface area contributed by atoms with E-state index in [1.54, 1.807) is 0 Å². The molecule has 2 fully saturated rings. The van der Waals surface area contributed by atoms with Gasteiger partial charge in [0.05, 0.1) is 6.10 Å². The van der Waals surface area contributed by atoms with Crippen molar-refractivity contribution in [1.82, 2.24) is 10.6 Å². The lowest BCUT2D eigenvalue weighted by Crippen LogP contribution is -2.38. The van der Waals surface area contributed by atoms with Crippen LogP contribution >= 0.6 is 0 Å². The Bertz CT molecular complexity index is 915. The average molecular weight is 435 g/mol. The molecule has 0 saturated carbocycles. The lowest BCUT2D eigenvalue weighted by Gasteiger charge is -2.28. The molecule has 32 heavy (non-hydrogen) atoms. The molecule has 2 heterocycles. The van der Waals surface area contributed by atoms with E-state index < -0.39 is 0 Å². The van der Waals surface area contributed by atoms with Gasteiger partial charge in [-0.2, -0.15) is 0 Å². The van der Waals surface area contributed by atoms with Crippen LogP contribution in [0.3, 0.4) is 0 Å². The van der Waals surface area contributed by atoms with Crippen molar-refractivity contribution in [3.63, 3.8) is 0 Å². The number of nitrogens with one attached hydrogen (secondary N) is 2. The Morgan fingerprint density at radius 3 is 2.75 bits per heavy atom. The van der Waals surface area contributed by atoms with E-state index in [1.165, 1.54) is 29.5 Å². The predicted octanol–water partition coefficient (Wildman–Crippen LogP) is 4.00. The standard InChI is InChI=1S/C27H34N2O3/c30-27(19-8-11-25(12-9-19)32-18-26-4-2-14-31-26)29-24-10-7-20-15-21(5-6-22(20)16-24)23-3-1-13-28-17-23/h5-6,8-9,11-12,15,23-24,26,28H,1-4,7,10,13-14,16-18H2,(H,29,30)/t23?,24?,26-/m0/s1. The molecule has 3 aliphatic rings. The highest BCUT2D eigenvalue weighted by Gasteiger charge is 2.23. The summed E-state index contributed by atoms with van der Waals surface area (Å²) >= 11 is 0. The Kier molecular flexibility index (Phi) is 6.75. The fourth-order valence-electron chi connectivity index (χ4n) is 5.22. The first-order chi connectivity index (χ1) is 15.7. The molecule has 2 aromatic rings. The van der Waals surface area contributed by atoms with Crippen LogP contribution in [-0.4, -0.2) is 44.4 Å². The fraction of sp³-hybridized carbons (Fsp3) is 0.519. The Morgan fingerprint density at radius 1 is 1.06 bits per heavy atom. The number of carbonyl (C=O) groups excluding carboxylic acids is 1. The van der Waals surface area contributed by atoms with Crippen molar-refractivity contribution in [1.29, 1.82) is 0 Å². The Balaban J connectivity index is 1.14. The molecule has 3 atom stereocenters. The van der Waals surface area contributed by atoms with Crippen molar-refractivity contribution in [3.05, 3.63) is 64.7 Å². The van der Waals surface area contributed by atoms with Gasteiger partial charge < -0.3 is 20.1 Å². The predicted molar refractivity (Wildman–Crippen MR) is 125 cm³/mol. The molecule has 2 saturated heterocycles. The van der Waals surface area contributed by atoms with E-state index in [0.717, 1.165) is 57.6 Å². The highest BCUT2D eigenvalue weighted by Crippen LogP contribution is 2.29. The second-order valence-electron chi connectivity index (χ2n) is 9.46. The van der Waals surface area contributed by atoms with E-state index in [0.29, 0.717) is 18.1 Å². The minimum absolute atomic E-state index is 0.00553. The van der Waals surface area contributed by atoms with Gasteiger partial charge in [-0.15, -0.1) is 0 Å². The minimum Gasteiger partial charge on any atom is -0.491 e. The summed E-state index contributed by atoms with van der Waals surface area (Å²) in [6.45, 7) is 3.65. The van der Waals surface area contributed by atoms with Crippen molar-refractivity contribution in [2.75, 3.05) is 26.3 Å². The Hall–Kier alpha value is -2.37. The van der Waals surface area contributed by atoms with E-state index in [-0.39, 0.29) is 18.1 Å². The zero-order valence-corrected chi connectivity index (χ0v) is 18.8. The Labute approximate surface area is 190 Å². The van der Waals surface area contributed by atoms with Crippen LogP contribution in [-0.2, 0) is 17.6 Å². The molecule has 170 valence electrons. The normalized spacial score (nSPS) is 25.2. The summed E-state index contributed by atoms with van der Waals surface area (Å²) in [5.74, 6) is 1.42. The topological polar surface area (TPSA) is 59.6 Å². The summed E-state index contributed by atoms with van der Waals surface area (Å²) in [6.07, 6.45) is 7.84. The summed E-state index contributed by atoms with van der Waals surface area (Å²) in [6, 6.07) is 14.6. The maximum absolute atomic E-state index is 12.8. The summed E-state index contributed by atoms with van der Waals surface area (Å²) in [4.78, 5) is 12.8. The van der Waals surface area contributed by atoms with Crippen LogP contribution in [0.1, 0.15) is 65.1 Å². The molecule has 1 amide bonds. The molecule has 2 N–H and O–H groups in total. The molecule has 1 aliphatic carbocycles. The van der Waals surface area contributed by atoms with Gasteiger partial charge in [-0.1, -0.05) is 18.2 Å². The van der Waals surface area contributed by atoms with E-state index in [2.05, 4.69) is 28.8 Å². The first-order valence-corrected chi connectivity index (χ1v) is 12.2. The van der Waals surface area contributed by atoms with Crippen LogP contribution in [0, 0.1) is 0 Å². The molecular formula is C27H34N2O3. The van der Waals surface area contributed by atoms with Gasteiger partial charge in [0.2, 0.25) is 0 Å². The third-order valence-corrected chi connectivity index (χ3v) is 7.14. The molecular weight excluding hydrogens is 400 g/mol. The van der Waals surface area contributed by atoms with Crippen LogP contribution in [0.25, 0.3) is 0 Å². The highest BCUT2D eigenvalue weighted by atomic mass is 16.5. The van der Waals surface area contributed by atoms with Gasteiger partial charge in [-0.25, -0.2) is 0 Å². The molecule has 2 aromatic carbocycles. The quantitative estimate of drug-likeness (QED) is 0.722. The van der Waals surface area contributed by atoms with Gasteiger partial charge >= 0.3 is 0 Å². The van der Waals surface area contributed by atoms with Gasteiger partial charge in [0.1, 0.15) is 12.4 Å². The number of ether oxygens (including phenoxy) is 2. The molecule has 5 rings (SSSR count). The number of aryl methyl sites for hydroxylation is 1. The first kappa shape index (κ1) is 21.5. The zero-order valence-electron chi connectivity index (χ0n) is 18.8. The second-order valence-corrected chi connectivity index (χ2v) is 9.46. The molecule has 0 spiro atoms. The molecule has 0 bridgehead atoms. The van der Waals surface area contributed by atoms with E-state index in [1.807, 2.05) is 24.3 Å². The number of carbonyl (C=O) groups is 1. The number of amides is 1. The van der Waals surface area contributed by atoms with Gasteiger partial charge in [-0.05, 0) is 98.4 Å². The summed E-state index contributed by atoms with van der Waals surface area (Å²) in [7, 11) is 0. The summed E-state index contributed by atoms with van der Waals surface area (Å²) < 4.78 is 11.4. The zero-order chi connectivity index (χ0) is 21.8. The average Bonchev–Trinajstić information content (AvgIpc) is 3.37. The second kappa shape index (κ2) is 10.1. The maximum atomic E-state index is 12.8. The number of rotatable bonds is 6. The minimum atomic E-state index is -0.00553. The van der Waals surface area contributed by atoms with Gasteiger partial charge in [0.15, 0.2) is 0 Å². The van der Waals surface area contributed by atoms with E-state index in [9.17, 15) is 4.79 Å². The monoisotopic (exact) mass is 434 g/mol. The van der Waals surface area contributed by atoms with E-state index in [4.69, 9.17) is 9.47 Å². The lowest BCUT2D eigenvalue weighted by atomic mass is 9.83. The van der Waals surface area contributed by atoms with Crippen LogP contribution in [0.15, 0.2) is 42.5 Å². The molecule has 5 nitrogen and oxygen atoms in total. The summed E-state index contributed by atoms with van der Waals surface area (Å²) in [5, 5.41) is 6.76. The third-order valence-electron chi connectivity index (χ3n) is 7.14. The largest absolute Gasteiger partial charge is 0.491 e. The fourth-order valence-corrected chi connectivity index (χ4v) is 5.22. The van der Waals surface area contributed by atoms with E-state index >= 15 is 0 Å². The molecule has 0 aromatic heterocycles. The highest BCUT2D eigenvalue weighted by molar-refractivity contribution is 5.94. The Morgan fingerprint density at radius 2 is 1.97 bits per heavy atom. The van der Waals surface area contributed by atoms with Crippen molar-refractivity contribution in [2.45, 2.75) is 63.0 Å². The van der Waals surface area contributed by atoms with Crippen molar-refractivity contribution < 1.29 is 14.3 Å². The first-order valence-electron chi connectivity index (χ1n) is 12.2. The third kappa shape index (κ3) is 5.16. The van der Waals surface area contributed by atoms with Crippen molar-refractivity contribution >= 4 is 5.91 Å². The smallest absolute Gasteiger partial charge is 0.251 e. The number of benzene rings is 2. The summed E-state index contributed by atoms with van der Waals surface area (Å²) in [5.41, 5.74) is 5.00. The SMILES string of the molecule is O=C(NC1CCc2cc(C3CCCNC3)ccc2C1)c1ccc(OC[C@@H]2CCCO2)cc1. The lowest BCUT2D eigenvalue weighted by molar-refractivity contribution is 0.0679. The molecule has 2 unspecified atom stereocenters. The number of piperidine rings is 1. The number of hydrogen-bond donors (Lipinski definition) is 2. The maximum Gasteiger partial charge on any atom is 0.251 e. The van der Waals surface area contributed by atoms with Crippen LogP contribution < -0.4 is 15.4 Å². The molecule has 5 heteroatoms. The number of hydrogen-bond acceptors (Lipinski definition) is 4. The van der Waals surface area contributed by atoms with Gasteiger partial charge in [-0.3, -0.25) is 4.79 Å². The van der Waals surface area contributed by atoms with Crippen molar-refractivity contribution in [2.24, 2.45) is 0 Å². The molecule has 2 aliphatic heterocycles. The van der Waals surface area contributed by atoms with Gasteiger partial charge in [0.25, 0.3) is 5.91 Å². The molecule has 0 radical (unpaired) electrons. The van der Waals surface area contributed by atoms with Crippen molar-refractivity contribution in [3.8, 4) is 5.75 Å². The van der Waals surface area contributed by atoms with Crippen LogP contribution in [0.4, 0.5) is 0 Å². The number of fused-ring (bicyclic) bond motifs is 1.